The lowest BCUT2D eigenvalue weighted by Gasteiger charge is -2.11. The number of carbonyl (C=O) groups is 2. The van der Waals surface area contributed by atoms with Gasteiger partial charge in [0, 0.05) is 18.9 Å². The molecule has 1 fully saturated rings. The molecule has 0 saturated heterocycles. The van der Waals surface area contributed by atoms with Gasteiger partial charge in [-0.3, -0.25) is 9.59 Å². The van der Waals surface area contributed by atoms with Crippen molar-refractivity contribution in [1.29, 1.82) is 0 Å². The van der Waals surface area contributed by atoms with Crippen LogP contribution in [0.25, 0.3) is 0 Å². The molecule has 1 saturated carbocycles. The van der Waals surface area contributed by atoms with Crippen LogP contribution in [0.4, 0.5) is 0 Å². The summed E-state index contributed by atoms with van der Waals surface area (Å²) in [6.07, 6.45) is 0.0950. The van der Waals surface area contributed by atoms with E-state index in [0.717, 1.165) is 0 Å². The van der Waals surface area contributed by atoms with Gasteiger partial charge in [-0.15, -0.1) is 0 Å². The van der Waals surface area contributed by atoms with Crippen LogP contribution in [0.15, 0.2) is 0 Å². The Morgan fingerprint density at radius 1 is 1.24 bits per heavy atom. The predicted octanol–water partition coefficient (Wildman–Crippen LogP) is 1.90. The topological polar surface area (TPSA) is 66.4 Å². The van der Waals surface area contributed by atoms with E-state index in [2.05, 4.69) is 33.0 Å². The summed E-state index contributed by atoms with van der Waals surface area (Å²) < 4.78 is 0. The maximum Gasteiger partial charge on any atom is 0.303 e. The number of hydrogen-bond donors (Lipinski definition) is 2. The van der Waals surface area contributed by atoms with Crippen molar-refractivity contribution in [3.8, 4) is 0 Å². The zero-order valence-corrected chi connectivity index (χ0v) is 11.3. The highest BCUT2D eigenvalue weighted by molar-refractivity contribution is 5.84. The number of hydrogen-bond acceptors (Lipinski definition) is 2. The SMILES string of the molecule is C[C@@H](CNC(=O)C1C(C)(C)C1(C)C)CC(=O)O. The van der Waals surface area contributed by atoms with E-state index in [9.17, 15) is 9.59 Å². The highest BCUT2D eigenvalue weighted by atomic mass is 16.4. The van der Waals surface area contributed by atoms with Crippen LogP contribution in [0.5, 0.6) is 0 Å². The number of carboxylic acids is 1. The first-order valence-electron chi connectivity index (χ1n) is 6.10. The van der Waals surface area contributed by atoms with Crippen LogP contribution in [0.1, 0.15) is 41.0 Å². The minimum atomic E-state index is -0.821. The molecule has 0 bridgehead atoms. The Hall–Kier alpha value is -1.06. The van der Waals surface area contributed by atoms with Crippen LogP contribution in [-0.4, -0.2) is 23.5 Å². The minimum Gasteiger partial charge on any atom is -0.481 e. The molecule has 0 radical (unpaired) electrons. The molecule has 1 aliphatic rings. The molecular weight excluding hydrogens is 218 g/mol. The molecule has 0 aliphatic heterocycles. The molecule has 17 heavy (non-hydrogen) atoms. The Morgan fingerprint density at radius 3 is 2.06 bits per heavy atom. The van der Waals surface area contributed by atoms with E-state index in [1.807, 2.05) is 6.92 Å². The fourth-order valence-electron chi connectivity index (χ4n) is 2.60. The highest BCUT2D eigenvalue weighted by Gasteiger charge is 2.68. The van der Waals surface area contributed by atoms with Gasteiger partial charge in [-0.25, -0.2) is 0 Å². The van der Waals surface area contributed by atoms with Crippen LogP contribution in [0.3, 0.4) is 0 Å². The highest BCUT2D eigenvalue weighted by Crippen LogP contribution is 2.68. The van der Waals surface area contributed by atoms with Crippen LogP contribution in [-0.2, 0) is 9.59 Å². The summed E-state index contributed by atoms with van der Waals surface area (Å²) in [5.41, 5.74) is 0.0697. The van der Waals surface area contributed by atoms with Gasteiger partial charge in [0.15, 0.2) is 0 Å². The van der Waals surface area contributed by atoms with Crippen molar-refractivity contribution in [3.05, 3.63) is 0 Å². The van der Waals surface area contributed by atoms with E-state index in [-0.39, 0.29) is 35.0 Å². The minimum absolute atomic E-state index is 0.0265. The van der Waals surface area contributed by atoms with E-state index >= 15 is 0 Å². The average molecular weight is 241 g/mol. The van der Waals surface area contributed by atoms with E-state index in [1.54, 1.807) is 0 Å². The van der Waals surface area contributed by atoms with Crippen LogP contribution >= 0.6 is 0 Å². The molecular formula is C13H23NO3. The van der Waals surface area contributed by atoms with Crippen LogP contribution in [0, 0.1) is 22.7 Å². The molecule has 1 aliphatic carbocycles. The molecule has 98 valence electrons. The van der Waals surface area contributed by atoms with Gasteiger partial charge in [0.1, 0.15) is 0 Å². The molecule has 4 heteroatoms. The predicted molar refractivity (Wildman–Crippen MR) is 65.5 cm³/mol. The molecule has 0 aromatic carbocycles. The third-order valence-corrected chi connectivity index (χ3v) is 4.43. The second-order valence-corrected chi connectivity index (χ2v) is 6.32. The summed E-state index contributed by atoms with van der Waals surface area (Å²) in [5.74, 6) is -0.760. The van der Waals surface area contributed by atoms with E-state index < -0.39 is 5.97 Å². The molecule has 0 heterocycles. The summed E-state index contributed by atoms with van der Waals surface area (Å²) >= 11 is 0. The van der Waals surface area contributed by atoms with E-state index in [1.165, 1.54) is 0 Å². The zero-order valence-electron chi connectivity index (χ0n) is 11.3. The molecule has 1 atom stereocenters. The smallest absolute Gasteiger partial charge is 0.303 e. The number of rotatable bonds is 5. The molecule has 0 aromatic heterocycles. The van der Waals surface area contributed by atoms with Gasteiger partial charge in [0.05, 0.1) is 0 Å². The van der Waals surface area contributed by atoms with E-state index in [4.69, 9.17) is 5.11 Å². The lowest BCUT2D eigenvalue weighted by Crippen LogP contribution is -2.32. The summed E-state index contributed by atoms with van der Waals surface area (Å²) in [5, 5.41) is 11.5. The second kappa shape index (κ2) is 4.31. The third kappa shape index (κ3) is 2.61. The van der Waals surface area contributed by atoms with E-state index in [0.29, 0.717) is 6.54 Å². The normalized spacial score (nSPS) is 22.9. The Kier molecular flexibility index (Phi) is 3.55. The van der Waals surface area contributed by atoms with Crippen molar-refractivity contribution in [2.75, 3.05) is 6.54 Å². The number of carboxylic acid groups (broad SMARTS) is 1. The Bertz CT molecular complexity index is 320. The fraction of sp³-hybridized carbons (Fsp3) is 0.846. The molecule has 4 nitrogen and oxygen atoms in total. The third-order valence-electron chi connectivity index (χ3n) is 4.43. The number of nitrogens with one attached hydrogen (secondary N) is 1. The lowest BCUT2D eigenvalue weighted by molar-refractivity contribution is -0.138. The van der Waals surface area contributed by atoms with Gasteiger partial charge >= 0.3 is 5.97 Å². The van der Waals surface area contributed by atoms with Crippen molar-refractivity contribution in [2.45, 2.75) is 41.0 Å². The van der Waals surface area contributed by atoms with Gasteiger partial charge in [-0.2, -0.15) is 0 Å². The Labute approximate surface area is 103 Å². The second-order valence-electron chi connectivity index (χ2n) is 6.32. The average Bonchev–Trinajstić information content (AvgIpc) is 2.52. The fourth-order valence-corrected chi connectivity index (χ4v) is 2.60. The quantitative estimate of drug-likeness (QED) is 0.772. The van der Waals surface area contributed by atoms with Gasteiger partial charge in [0.25, 0.3) is 0 Å². The molecule has 1 amide bonds. The van der Waals surface area contributed by atoms with Gasteiger partial charge in [-0.1, -0.05) is 34.6 Å². The maximum atomic E-state index is 12.0. The first-order valence-corrected chi connectivity index (χ1v) is 6.10. The summed E-state index contributed by atoms with van der Waals surface area (Å²) in [4.78, 5) is 22.5. The van der Waals surface area contributed by atoms with Gasteiger partial charge < -0.3 is 10.4 Å². The Morgan fingerprint density at radius 2 is 1.71 bits per heavy atom. The largest absolute Gasteiger partial charge is 0.481 e. The van der Waals surface area contributed by atoms with Crippen LogP contribution in [0.2, 0.25) is 0 Å². The van der Waals surface area contributed by atoms with Crippen molar-refractivity contribution in [2.24, 2.45) is 22.7 Å². The molecule has 2 N–H and O–H groups in total. The number of carbonyl (C=O) groups excluding carboxylic acids is 1. The van der Waals surface area contributed by atoms with Crippen LogP contribution < -0.4 is 5.32 Å². The Balaban J connectivity index is 2.40. The summed E-state index contributed by atoms with van der Waals surface area (Å²) in [7, 11) is 0. The van der Waals surface area contributed by atoms with Crippen molar-refractivity contribution >= 4 is 11.9 Å². The molecule has 0 spiro atoms. The standard InChI is InChI=1S/C13H23NO3/c1-8(6-9(15)16)7-14-11(17)10-12(2,3)13(10,4)5/h8,10H,6-7H2,1-5H3,(H,14,17)(H,15,16)/t8-/m1/s1. The number of amides is 1. The van der Waals surface area contributed by atoms with Crippen molar-refractivity contribution < 1.29 is 14.7 Å². The van der Waals surface area contributed by atoms with Gasteiger partial charge in [0.2, 0.25) is 5.91 Å². The molecule has 0 unspecified atom stereocenters. The molecule has 1 rings (SSSR count). The maximum absolute atomic E-state index is 12.0. The number of aliphatic carboxylic acids is 1. The zero-order chi connectivity index (χ0) is 13.4. The summed E-state index contributed by atoms with van der Waals surface area (Å²) in [6.45, 7) is 10.6. The van der Waals surface area contributed by atoms with Gasteiger partial charge in [-0.05, 0) is 16.7 Å². The first-order chi connectivity index (χ1) is 7.60. The monoisotopic (exact) mass is 241 g/mol. The molecule has 0 aromatic rings. The first kappa shape index (κ1) is 14.0. The lowest BCUT2D eigenvalue weighted by atomic mass is 10.0. The van der Waals surface area contributed by atoms with Crippen molar-refractivity contribution in [3.63, 3.8) is 0 Å². The summed E-state index contributed by atoms with van der Waals surface area (Å²) in [6, 6.07) is 0. The van der Waals surface area contributed by atoms with Crippen molar-refractivity contribution in [1.82, 2.24) is 5.32 Å².